The molecule has 2 heterocycles. The molecule has 0 saturated carbocycles. The number of benzene rings is 1. The van der Waals surface area contributed by atoms with Crippen molar-refractivity contribution in [3.8, 4) is 17.2 Å². The molecular weight excluding hydrogens is 388 g/mol. The minimum atomic E-state index is -0.630. The predicted molar refractivity (Wildman–Crippen MR) is 109 cm³/mol. The average Bonchev–Trinajstić information content (AvgIpc) is 3.23. The predicted octanol–water partition coefficient (Wildman–Crippen LogP) is 1.17. The Bertz CT molecular complexity index is 1130. The number of carbonyl (C=O) groups excluding carboxylic acids is 1. The third kappa shape index (κ3) is 4.53. The van der Waals surface area contributed by atoms with E-state index in [1.807, 2.05) is 6.07 Å². The monoisotopic (exact) mass is 412 g/mol. The summed E-state index contributed by atoms with van der Waals surface area (Å²) in [6.45, 7) is 2.77. The maximum absolute atomic E-state index is 12.5. The van der Waals surface area contributed by atoms with Crippen molar-refractivity contribution in [2.75, 3.05) is 13.6 Å². The molecule has 0 aliphatic heterocycles. The number of hydrogen-bond donors (Lipinski definition) is 0. The molecule has 0 aliphatic carbocycles. The highest BCUT2D eigenvalue weighted by atomic mass is 16.5. The van der Waals surface area contributed by atoms with Gasteiger partial charge in [-0.3, -0.25) is 14.2 Å². The lowest BCUT2D eigenvalue weighted by atomic mass is 10.2. The van der Waals surface area contributed by atoms with E-state index in [9.17, 15) is 14.4 Å². The minimum absolute atomic E-state index is 0.0186. The van der Waals surface area contributed by atoms with Crippen LogP contribution in [0.4, 0.5) is 0 Å². The van der Waals surface area contributed by atoms with Crippen LogP contribution in [-0.4, -0.2) is 48.9 Å². The quantitative estimate of drug-likeness (QED) is 0.545. The minimum Gasteiger partial charge on any atom is -0.346 e. The van der Waals surface area contributed by atoms with Crippen molar-refractivity contribution in [3.05, 3.63) is 57.1 Å². The summed E-state index contributed by atoms with van der Waals surface area (Å²) >= 11 is 0. The van der Waals surface area contributed by atoms with E-state index in [1.165, 1.54) is 7.05 Å². The average molecular weight is 412 g/mol. The van der Waals surface area contributed by atoms with Crippen LogP contribution in [0.5, 0.6) is 0 Å². The molecule has 10 heteroatoms. The summed E-state index contributed by atoms with van der Waals surface area (Å²) in [6.07, 6.45) is 2.43. The summed E-state index contributed by atoms with van der Waals surface area (Å²) in [5.74, 6) is 0.181. The number of rotatable bonds is 8. The van der Waals surface area contributed by atoms with Gasteiger partial charge in [-0.2, -0.15) is 14.8 Å². The Morgan fingerprint density at radius 3 is 2.63 bits per heavy atom. The van der Waals surface area contributed by atoms with E-state index in [4.69, 9.17) is 4.52 Å². The van der Waals surface area contributed by atoms with E-state index in [2.05, 4.69) is 22.2 Å². The molecule has 0 N–H and O–H groups in total. The lowest BCUT2D eigenvalue weighted by Gasteiger charge is -2.15. The van der Waals surface area contributed by atoms with Gasteiger partial charge in [0.05, 0.1) is 5.69 Å². The topological polar surface area (TPSA) is 116 Å². The van der Waals surface area contributed by atoms with Gasteiger partial charge in [-0.15, -0.1) is 0 Å². The number of nitrogens with zero attached hydrogens (tertiary/aromatic N) is 6. The number of aromatic nitrogens is 5. The fourth-order valence-electron chi connectivity index (χ4n) is 2.83. The van der Waals surface area contributed by atoms with Crippen molar-refractivity contribution >= 4 is 5.91 Å². The first kappa shape index (κ1) is 21.2. The Balaban J connectivity index is 1.83. The van der Waals surface area contributed by atoms with Crippen LogP contribution in [0.15, 0.2) is 44.4 Å². The van der Waals surface area contributed by atoms with Crippen molar-refractivity contribution in [1.82, 2.24) is 29.4 Å². The highest BCUT2D eigenvalue weighted by Crippen LogP contribution is 2.11. The van der Waals surface area contributed by atoms with Gasteiger partial charge in [-0.1, -0.05) is 36.7 Å². The van der Waals surface area contributed by atoms with Gasteiger partial charge in [0.25, 0.3) is 5.56 Å². The number of amides is 1. The molecule has 3 rings (SSSR count). The molecule has 1 amide bonds. The zero-order chi connectivity index (χ0) is 21.7. The number of unbranched alkanes of at least 4 members (excludes halogenated alkanes) is 1. The van der Waals surface area contributed by atoms with E-state index in [1.54, 1.807) is 36.2 Å². The van der Waals surface area contributed by atoms with Crippen LogP contribution in [0.1, 0.15) is 32.1 Å². The Hall–Kier alpha value is -3.56. The molecular formula is C20H24N6O4. The summed E-state index contributed by atoms with van der Waals surface area (Å²) in [7, 11) is 3.12. The second kappa shape index (κ2) is 9.29. The van der Waals surface area contributed by atoms with Crippen LogP contribution in [0.25, 0.3) is 17.2 Å². The molecule has 0 radical (unpaired) electrons. The van der Waals surface area contributed by atoms with E-state index in [-0.39, 0.29) is 36.2 Å². The van der Waals surface area contributed by atoms with Crippen molar-refractivity contribution in [2.45, 2.75) is 32.6 Å². The van der Waals surface area contributed by atoms with Gasteiger partial charge < -0.3 is 9.42 Å². The van der Waals surface area contributed by atoms with Crippen molar-refractivity contribution in [3.63, 3.8) is 0 Å². The van der Waals surface area contributed by atoms with Crippen molar-refractivity contribution in [1.29, 1.82) is 0 Å². The molecule has 2 aromatic heterocycles. The summed E-state index contributed by atoms with van der Waals surface area (Å²) in [4.78, 5) is 43.0. The van der Waals surface area contributed by atoms with Gasteiger partial charge in [0, 0.05) is 33.5 Å². The van der Waals surface area contributed by atoms with Crippen LogP contribution in [0.2, 0.25) is 0 Å². The molecule has 0 spiro atoms. The van der Waals surface area contributed by atoms with E-state index in [0.717, 1.165) is 22.1 Å². The molecule has 30 heavy (non-hydrogen) atoms. The Morgan fingerprint density at radius 2 is 1.93 bits per heavy atom. The van der Waals surface area contributed by atoms with Crippen LogP contribution in [0, 0.1) is 0 Å². The van der Waals surface area contributed by atoms with Crippen LogP contribution < -0.4 is 11.2 Å². The standard InChI is InChI=1S/C20H24N6O4/c1-4-5-13-24(2)16(27)12-11-15-21-18(23-30-15)17-19(28)25(3)20(29)26(22-17)14-9-7-6-8-10-14/h6-10H,4-5,11-13H2,1-3H3. The molecule has 0 aliphatic rings. The highest BCUT2D eigenvalue weighted by molar-refractivity contribution is 5.76. The zero-order valence-electron chi connectivity index (χ0n) is 17.2. The Morgan fingerprint density at radius 1 is 1.20 bits per heavy atom. The third-order valence-corrected chi connectivity index (χ3v) is 4.68. The molecule has 0 unspecified atom stereocenters. The maximum Gasteiger partial charge on any atom is 0.351 e. The molecule has 10 nitrogen and oxygen atoms in total. The van der Waals surface area contributed by atoms with E-state index < -0.39 is 11.2 Å². The largest absolute Gasteiger partial charge is 0.351 e. The number of para-hydroxylation sites is 1. The van der Waals surface area contributed by atoms with Crippen LogP contribution in [-0.2, 0) is 18.3 Å². The molecule has 1 aromatic carbocycles. The molecule has 0 atom stereocenters. The third-order valence-electron chi connectivity index (χ3n) is 4.68. The summed E-state index contributed by atoms with van der Waals surface area (Å²) in [5.41, 5.74) is -0.819. The first-order valence-corrected chi connectivity index (χ1v) is 9.75. The summed E-state index contributed by atoms with van der Waals surface area (Å²) in [5, 5.41) is 7.98. The molecule has 158 valence electrons. The number of carbonyl (C=O) groups is 1. The fraction of sp³-hybridized carbons (Fsp3) is 0.400. The second-order valence-corrected chi connectivity index (χ2v) is 6.92. The van der Waals surface area contributed by atoms with Crippen molar-refractivity contribution in [2.24, 2.45) is 7.05 Å². The Labute approximate surface area is 172 Å². The van der Waals surface area contributed by atoms with Gasteiger partial charge in [-0.05, 0) is 18.6 Å². The lowest BCUT2D eigenvalue weighted by molar-refractivity contribution is -0.130. The summed E-state index contributed by atoms with van der Waals surface area (Å²) in [6, 6.07) is 8.73. The maximum atomic E-state index is 12.5. The van der Waals surface area contributed by atoms with Gasteiger partial charge in [0.15, 0.2) is 5.69 Å². The number of aryl methyl sites for hydroxylation is 1. The SMILES string of the molecule is CCCCN(C)C(=O)CCc1nc(-c2nn(-c3ccccc3)c(=O)n(C)c2=O)no1. The van der Waals surface area contributed by atoms with Crippen LogP contribution >= 0.6 is 0 Å². The van der Waals surface area contributed by atoms with Crippen molar-refractivity contribution < 1.29 is 9.32 Å². The molecule has 0 fully saturated rings. The lowest BCUT2D eigenvalue weighted by Crippen LogP contribution is -2.40. The Kier molecular flexibility index (Phi) is 6.55. The number of hydrogen-bond acceptors (Lipinski definition) is 7. The fourth-order valence-corrected chi connectivity index (χ4v) is 2.83. The summed E-state index contributed by atoms with van der Waals surface area (Å²) < 4.78 is 7.25. The highest BCUT2D eigenvalue weighted by Gasteiger charge is 2.19. The molecule has 0 saturated heterocycles. The normalized spacial score (nSPS) is 10.9. The first-order chi connectivity index (χ1) is 14.4. The van der Waals surface area contributed by atoms with E-state index >= 15 is 0 Å². The van der Waals surface area contributed by atoms with E-state index in [0.29, 0.717) is 12.2 Å². The van der Waals surface area contributed by atoms with Gasteiger partial charge >= 0.3 is 5.69 Å². The smallest absolute Gasteiger partial charge is 0.346 e. The second-order valence-electron chi connectivity index (χ2n) is 6.92. The molecule has 3 aromatic rings. The first-order valence-electron chi connectivity index (χ1n) is 9.75. The van der Waals surface area contributed by atoms with Gasteiger partial charge in [0.2, 0.25) is 17.6 Å². The zero-order valence-corrected chi connectivity index (χ0v) is 17.2. The van der Waals surface area contributed by atoms with Crippen LogP contribution in [0.3, 0.4) is 0 Å². The van der Waals surface area contributed by atoms with Gasteiger partial charge in [0.1, 0.15) is 0 Å². The molecule has 0 bridgehead atoms. The van der Waals surface area contributed by atoms with Gasteiger partial charge in [-0.25, -0.2) is 4.79 Å².